The van der Waals surface area contributed by atoms with Crippen LogP contribution in [0.1, 0.15) is 36.9 Å². The van der Waals surface area contributed by atoms with Crippen LogP contribution in [0, 0.1) is 5.82 Å². The highest BCUT2D eigenvalue weighted by Gasteiger charge is 2.49. The van der Waals surface area contributed by atoms with E-state index in [9.17, 15) is 4.39 Å². The van der Waals surface area contributed by atoms with Gasteiger partial charge in [-0.15, -0.1) is 21.5 Å². The standard InChI is InChI=1S/C18H15F2N3S/c1-17(2)18(3,20)11-7-8-24-16(11)15(21-17)13-9-10-5-4-6-12(19)14(10)23-22-13/h4-9H,1-3H3. The summed E-state index contributed by atoms with van der Waals surface area (Å²) in [5.41, 5.74) is -0.529. The molecule has 3 nitrogen and oxygen atoms in total. The van der Waals surface area contributed by atoms with Gasteiger partial charge in [-0.2, -0.15) is 0 Å². The van der Waals surface area contributed by atoms with Crippen LogP contribution in [-0.4, -0.2) is 21.4 Å². The third kappa shape index (κ3) is 2.02. The molecular weight excluding hydrogens is 328 g/mol. The number of nitrogens with zero attached hydrogens (tertiary/aromatic N) is 3. The van der Waals surface area contributed by atoms with Crippen molar-refractivity contribution in [1.29, 1.82) is 0 Å². The van der Waals surface area contributed by atoms with E-state index in [0.29, 0.717) is 22.4 Å². The molecule has 2 aromatic heterocycles. The van der Waals surface area contributed by atoms with Crippen molar-refractivity contribution in [2.45, 2.75) is 32.0 Å². The number of aromatic nitrogens is 2. The SMILES string of the molecule is CC1(C)N=C(c2cc3cccc(F)c3nn2)c2sccc2C1(C)F. The van der Waals surface area contributed by atoms with Gasteiger partial charge in [-0.25, -0.2) is 8.78 Å². The van der Waals surface area contributed by atoms with E-state index in [1.54, 1.807) is 45.0 Å². The molecule has 24 heavy (non-hydrogen) atoms. The van der Waals surface area contributed by atoms with Gasteiger partial charge in [-0.05, 0) is 44.4 Å². The van der Waals surface area contributed by atoms with Gasteiger partial charge >= 0.3 is 0 Å². The van der Waals surface area contributed by atoms with E-state index in [1.807, 2.05) is 5.38 Å². The molecule has 0 radical (unpaired) electrons. The normalized spacial score (nSPS) is 22.3. The Morgan fingerprint density at radius 2 is 1.88 bits per heavy atom. The Morgan fingerprint density at radius 1 is 1.08 bits per heavy atom. The van der Waals surface area contributed by atoms with E-state index in [4.69, 9.17) is 0 Å². The van der Waals surface area contributed by atoms with Gasteiger partial charge in [0, 0.05) is 10.9 Å². The molecule has 1 aromatic carbocycles. The first kappa shape index (κ1) is 15.3. The molecule has 0 aliphatic carbocycles. The van der Waals surface area contributed by atoms with Crippen LogP contribution in [-0.2, 0) is 5.67 Å². The summed E-state index contributed by atoms with van der Waals surface area (Å²) < 4.78 is 29.1. The van der Waals surface area contributed by atoms with Crippen molar-refractivity contribution < 1.29 is 8.78 Å². The molecule has 6 heteroatoms. The monoisotopic (exact) mass is 343 g/mol. The maximum atomic E-state index is 15.3. The average molecular weight is 343 g/mol. The molecule has 1 atom stereocenters. The van der Waals surface area contributed by atoms with Gasteiger partial charge in [0.1, 0.15) is 16.9 Å². The predicted molar refractivity (Wildman–Crippen MR) is 92.0 cm³/mol. The maximum Gasteiger partial charge on any atom is 0.159 e. The van der Waals surface area contributed by atoms with Gasteiger partial charge in [0.2, 0.25) is 0 Å². The Morgan fingerprint density at radius 3 is 2.67 bits per heavy atom. The molecule has 0 spiro atoms. The van der Waals surface area contributed by atoms with E-state index in [0.717, 1.165) is 4.88 Å². The molecule has 4 rings (SSSR count). The zero-order chi connectivity index (χ0) is 17.1. The van der Waals surface area contributed by atoms with Gasteiger partial charge in [0.15, 0.2) is 11.5 Å². The molecule has 0 N–H and O–H groups in total. The second-order valence-corrected chi connectivity index (χ2v) is 7.51. The third-order valence-corrected chi connectivity index (χ3v) is 5.66. The lowest BCUT2D eigenvalue weighted by molar-refractivity contribution is 0.0947. The Bertz CT molecular complexity index is 989. The number of fused-ring (bicyclic) bond motifs is 2. The molecule has 1 aliphatic rings. The number of halogens is 2. The number of benzene rings is 1. The van der Waals surface area contributed by atoms with Crippen molar-refractivity contribution in [3.63, 3.8) is 0 Å². The van der Waals surface area contributed by atoms with E-state index in [1.165, 1.54) is 17.4 Å². The fourth-order valence-corrected chi connectivity index (χ4v) is 3.94. The number of hydrogen-bond donors (Lipinski definition) is 0. The molecule has 0 saturated carbocycles. The van der Waals surface area contributed by atoms with Crippen molar-refractivity contribution in [2.24, 2.45) is 4.99 Å². The number of hydrogen-bond acceptors (Lipinski definition) is 4. The summed E-state index contributed by atoms with van der Waals surface area (Å²) in [6.45, 7) is 5.09. The van der Waals surface area contributed by atoms with Gasteiger partial charge in [-0.3, -0.25) is 4.99 Å². The number of thiophene rings is 1. The van der Waals surface area contributed by atoms with E-state index in [2.05, 4.69) is 15.2 Å². The van der Waals surface area contributed by atoms with Crippen LogP contribution in [0.5, 0.6) is 0 Å². The van der Waals surface area contributed by atoms with Crippen LogP contribution in [0.25, 0.3) is 10.9 Å². The Kier molecular flexibility index (Phi) is 3.12. The lowest BCUT2D eigenvalue weighted by atomic mass is 9.78. The highest BCUT2D eigenvalue weighted by molar-refractivity contribution is 7.12. The largest absolute Gasteiger partial charge is 0.272 e. The summed E-state index contributed by atoms with van der Waals surface area (Å²) in [6.07, 6.45) is 0. The Hall–Kier alpha value is -2.21. The topological polar surface area (TPSA) is 38.1 Å². The van der Waals surface area contributed by atoms with Gasteiger partial charge in [0.25, 0.3) is 0 Å². The van der Waals surface area contributed by atoms with Crippen molar-refractivity contribution in [1.82, 2.24) is 10.2 Å². The summed E-state index contributed by atoms with van der Waals surface area (Å²) in [5.74, 6) is -0.411. The molecule has 0 amide bonds. The van der Waals surface area contributed by atoms with Crippen molar-refractivity contribution >= 4 is 28.0 Å². The molecule has 0 saturated heterocycles. The highest BCUT2D eigenvalue weighted by atomic mass is 32.1. The quantitative estimate of drug-likeness (QED) is 0.645. The van der Waals surface area contributed by atoms with Gasteiger partial charge in [-0.1, -0.05) is 12.1 Å². The molecule has 0 fully saturated rings. The summed E-state index contributed by atoms with van der Waals surface area (Å²) in [5, 5.41) is 10.6. The summed E-state index contributed by atoms with van der Waals surface area (Å²) in [7, 11) is 0. The summed E-state index contributed by atoms with van der Waals surface area (Å²) >= 11 is 1.43. The molecule has 3 heterocycles. The van der Waals surface area contributed by atoms with Crippen LogP contribution >= 0.6 is 11.3 Å². The molecular formula is C18H15F2N3S. The first-order valence-electron chi connectivity index (χ1n) is 7.61. The minimum atomic E-state index is -1.57. The molecule has 1 unspecified atom stereocenters. The highest BCUT2D eigenvalue weighted by Crippen LogP contribution is 2.46. The number of alkyl halides is 1. The number of aliphatic imine (C=N–C) groups is 1. The fraction of sp³-hybridized carbons (Fsp3) is 0.278. The zero-order valence-corrected chi connectivity index (χ0v) is 14.3. The van der Waals surface area contributed by atoms with Gasteiger partial charge < -0.3 is 0 Å². The molecule has 122 valence electrons. The second-order valence-electron chi connectivity index (χ2n) is 6.59. The minimum Gasteiger partial charge on any atom is -0.272 e. The first-order valence-corrected chi connectivity index (χ1v) is 8.49. The molecule has 1 aliphatic heterocycles. The average Bonchev–Trinajstić information content (AvgIpc) is 3.02. The molecule has 0 bridgehead atoms. The zero-order valence-electron chi connectivity index (χ0n) is 13.5. The summed E-state index contributed by atoms with van der Waals surface area (Å²) in [6, 6.07) is 8.31. The summed E-state index contributed by atoms with van der Waals surface area (Å²) in [4.78, 5) is 5.39. The first-order chi connectivity index (χ1) is 11.3. The Balaban J connectivity index is 1.95. The lowest BCUT2D eigenvalue weighted by Crippen LogP contribution is -2.44. The second kappa shape index (κ2) is 4.89. The van der Waals surface area contributed by atoms with Crippen molar-refractivity contribution in [2.75, 3.05) is 0 Å². The lowest BCUT2D eigenvalue weighted by Gasteiger charge is -2.39. The van der Waals surface area contributed by atoms with Crippen LogP contribution in [0.15, 0.2) is 40.7 Å². The van der Waals surface area contributed by atoms with Crippen LogP contribution in [0.3, 0.4) is 0 Å². The third-order valence-electron chi connectivity index (χ3n) is 4.74. The van der Waals surface area contributed by atoms with Crippen molar-refractivity contribution in [3.8, 4) is 0 Å². The van der Waals surface area contributed by atoms with E-state index in [-0.39, 0.29) is 5.52 Å². The van der Waals surface area contributed by atoms with E-state index < -0.39 is 17.0 Å². The Labute approximate surface area is 142 Å². The van der Waals surface area contributed by atoms with Crippen LogP contribution in [0.4, 0.5) is 8.78 Å². The van der Waals surface area contributed by atoms with Gasteiger partial charge in [0.05, 0.1) is 10.4 Å². The van der Waals surface area contributed by atoms with Crippen molar-refractivity contribution in [3.05, 3.63) is 57.7 Å². The maximum absolute atomic E-state index is 15.3. The smallest absolute Gasteiger partial charge is 0.159 e. The minimum absolute atomic E-state index is 0.221. The predicted octanol–water partition coefficient (Wildman–Crippen LogP) is 4.64. The number of rotatable bonds is 1. The van der Waals surface area contributed by atoms with Crippen LogP contribution in [0.2, 0.25) is 0 Å². The fourth-order valence-electron chi connectivity index (χ4n) is 2.95. The van der Waals surface area contributed by atoms with E-state index >= 15 is 4.39 Å². The molecule has 3 aromatic rings. The van der Waals surface area contributed by atoms with Crippen LogP contribution < -0.4 is 0 Å².